The quantitative estimate of drug-likeness (QED) is 0.346. The van der Waals surface area contributed by atoms with Crippen molar-refractivity contribution in [3.05, 3.63) is 0 Å². The number of aliphatic hydroxyl groups is 1. The van der Waals surface area contributed by atoms with Gasteiger partial charge in [0.2, 0.25) is 5.91 Å². The summed E-state index contributed by atoms with van der Waals surface area (Å²) in [5.74, 6) is -2.21. The summed E-state index contributed by atoms with van der Waals surface area (Å²) in [7, 11) is 0. The Bertz CT molecular complexity index is 269. The molecule has 6 N–H and O–H groups in total. The number of piperidine rings is 1. The fourth-order valence-electron chi connectivity index (χ4n) is 1.58. The van der Waals surface area contributed by atoms with E-state index in [2.05, 4.69) is 10.6 Å². The number of hydrogen-bond donors (Lipinski definition) is 5. The van der Waals surface area contributed by atoms with Crippen molar-refractivity contribution in [3.63, 3.8) is 0 Å². The van der Waals surface area contributed by atoms with Crippen LogP contribution in [0, 0.1) is 5.92 Å². The molecule has 1 aliphatic heterocycles. The number of carbonyl (C=O) groups excluding carboxylic acids is 1. The van der Waals surface area contributed by atoms with Crippen LogP contribution >= 0.6 is 0 Å². The molecular weight excluding hydrogens is 202 g/mol. The summed E-state index contributed by atoms with van der Waals surface area (Å²) in [6.07, 6.45) is -1.79. The lowest BCUT2D eigenvalue weighted by Crippen LogP contribution is -2.67. The molecule has 1 aliphatic rings. The van der Waals surface area contributed by atoms with Gasteiger partial charge in [0.15, 0.2) is 0 Å². The zero-order valence-corrected chi connectivity index (χ0v) is 8.30. The summed E-state index contributed by atoms with van der Waals surface area (Å²) in [6, 6.07) is -0.888. The van der Waals surface area contributed by atoms with E-state index in [0.717, 1.165) is 0 Å². The van der Waals surface area contributed by atoms with Crippen molar-refractivity contribution < 1.29 is 19.8 Å². The molecule has 0 aromatic carbocycles. The number of nitrogens with two attached hydrogens (primary N) is 1. The van der Waals surface area contributed by atoms with Crippen LogP contribution in [0.5, 0.6) is 0 Å². The van der Waals surface area contributed by atoms with Gasteiger partial charge < -0.3 is 21.3 Å². The van der Waals surface area contributed by atoms with Crippen LogP contribution in [0.25, 0.3) is 0 Å². The van der Waals surface area contributed by atoms with Crippen molar-refractivity contribution in [1.82, 2.24) is 10.6 Å². The Morgan fingerprint density at radius 2 is 2.13 bits per heavy atom. The summed E-state index contributed by atoms with van der Waals surface area (Å²) in [4.78, 5) is 21.5. The van der Waals surface area contributed by atoms with Gasteiger partial charge in [0.25, 0.3) is 0 Å². The zero-order valence-electron chi connectivity index (χ0n) is 8.30. The summed E-state index contributed by atoms with van der Waals surface area (Å²) in [6.45, 7) is 1.43. The van der Waals surface area contributed by atoms with Crippen LogP contribution in [0.15, 0.2) is 0 Å². The van der Waals surface area contributed by atoms with Crippen molar-refractivity contribution in [2.75, 3.05) is 6.54 Å². The smallest absolute Gasteiger partial charge is 0.309 e. The Morgan fingerprint density at radius 3 is 2.60 bits per heavy atom. The van der Waals surface area contributed by atoms with Gasteiger partial charge in [0.05, 0.1) is 5.92 Å². The van der Waals surface area contributed by atoms with Crippen LogP contribution in [0.3, 0.4) is 0 Å². The molecule has 1 amide bonds. The largest absolute Gasteiger partial charge is 0.481 e. The monoisotopic (exact) mass is 217 g/mol. The fraction of sp³-hybridized carbons (Fsp3) is 0.750. The SMILES string of the molecule is CC(=O)N[C@H]1NC[C@@H](C(=O)O)[C@H](N)[C@@H]1O. The van der Waals surface area contributed by atoms with Crippen molar-refractivity contribution >= 4 is 11.9 Å². The van der Waals surface area contributed by atoms with Gasteiger partial charge in [-0.2, -0.15) is 0 Å². The van der Waals surface area contributed by atoms with Gasteiger partial charge >= 0.3 is 5.97 Å². The van der Waals surface area contributed by atoms with E-state index in [1.807, 2.05) is 0 Å². The lowest BCUT2D eigenvalue weighted by Gasteiger charge is -2.37. The molecule has 0 saturated carbocycles. The van der Waals surface area contributed by atoms with Gasteiger partial charge in [-0.15, -0.1) is 0 Å². The maximum atomic E-state index is 10.8. The number of carboxylic acids is 1. The number of amides is 1. The average Bonchev–Trinajstić information content (AvgIpc) is 2.12. The molecule has 4 atom stereocenters. The highest BCUT2D eigenvalue weighted by molar-refractivity contribution is 5.74. The Kier molecular flexibility index (Phi) is 3.61. The molecule has 0 aromatic rings. The normalized spacial score (nSPS) is 35.9. The molecule has 1 saturated heterocycles. The standard InChI is InChI=1S/C8H15N3O4/c1-3(12)11-7-6(13)5(9)4(2-10-7)8(14)15/h4-7,10,13H,2,9H2,1H3,(H,11,12)(H,14,15)/t4-,5+,6+,7-/m1/s1. The molecule has 0 unspecified atom stereocenters. The molecule has 1 fully saturated rings. The number of hydrogen-bond acceptors (Lipinski definition) is 5. The van der Waals surface area contributed by atoms with Crippen LogP contribution in [-0.4, -0.2) is 46.9 Å². The summed E-state index contributed by atoms with van der Waals surface area (Å²) in [5, 5.41) is 23.6. The number of carboxylic acid groups (broad SMARTS) is 1. The van der Waals surface area contributed by atoms with Gasteiger partial charge in [-0.1, -0.05) is 0 Å². The molecule has 1 heterocycles. The van der Waals surface area contributed by atoms with Crippen LogP contribution in [0.4, 0.5) is 0 Å². The van der Waals surface area contributed by atoms with E-state index in [9.17, 15) is 14.7 Å². The predicted molar refractivity (Wildman–Crippen MR) is 50.7 cm³/mol. The maximum Gasteiger partial charge on any atom is 0.309 e. The van der Waals surface area contributed by atoms with Gasteiger partial charge in [0.1, 0.15) is 12.3 Å². The first-order valence-electron chi connectivity index (χ1n) is 4.60. The van der Waals surface area contributed by atoms with E-state index >= 15 is 0 Å². The Balaban J connectivity index is 2.64. The minimum atomic E-state index is -1.11. The average molecular weight is 217 g/mol. The van der Waals surface area contributed by atoms with Crippen LogP contribution in [0.1, 0.15) is 6.92 Å². The first-order valence-corrected chi connectivity index (χ1v) is 4.60. The van der Waals surface area contributed by atoms with E-state index in [1.165, 1.54) is 6.92 Å². The maximum absolute atomic E-state index is 10.8. The number of aliphatic hydroxyl groups excluding tert-OH is 1. The molecule has 15 heavy (non-hydrogen) atoms. The second-order valence-electron chi connectivity index (χ2n) is 3.60. The lowest BCUT2D eigenvalue weighted by atomic mass is 9.90. The number of rotatable bonds is 2. The van der Waals surface area contributed by atoms with Gasteiger partial charge in [-0.25, -0.2) is 0 Å². The lowest BCUT2D eigenvalue weighted by molar-refractivity contribution is -0.145. The van der Waals surface area contributed by atoms with Crippen molar-refractivity contribution in [2.24, 2.45) is 11.7 Å². The Morgan fingerprint density at radius 1 is 1.53 bits per heavy atom. The molecule has 0 radical (unpaired) electrons. The van der Waals surface area contributed by atoms with E-state index in [4.69, 9.17) is 10.8 Å². The van der Waals surface area contributed by atoms with Gasteiger partial charge in [0, 0.05) is 19.5 Å². The highest BCUT2D eigenvalue weighted by Gasteiger charge is 2.39. The summed E-state index contributed by atoms with van der Waals surface area (Å²) >= 11 is 0. The van der Waals surface area contributed by atoms with E-state index in [0.29, 0.717) is 0 Å². The molecule has 7 heteroatoms. The van der Waals surface area contributed by atoms with Gasteiger partial charge in [-0.3, -0.25) is 14.9 Å². The first kappa shape index (κ1) is 11.9. The second-order valence-corrected chi connectivity index (χ2v) is 3.60. The highest BCUT2D eigenvalue weighted by atomic mass is 16.4. The summed E-state index contributed by atoms with van der Waals surface area (Å²) < 4.78 is 0. The molecule has 0 aliphatic carbocycles. The molecule has 0 bridgehead atoms. The van der Waals surface area contributed by atoms with Crippen LogP contribution < -0.4 is 16.4 Å². The number of carbonyl (C=O) groups is 2. The van der Waals surface area contributed by atoms with Gasteiger partial charge in [-0.05, 0) is 0 Å². The van der Waals surface area contributed by atoms with Crippen molar-refractivity contribution in [1.29, 1.82) is 0 Å². The number of aliphatic carboxylic acids is 1. The van der Waals surface area contributed by atoms with Crippen LogP contribution in [-0.2, 0) is 9.59 Å². The van der Waals surface area contributed by atoms with Crippen molar-refractivity contribution in [2.45, 2.75) is 25.2 Å². The molecule has 86 valence electrons. The molecular formula is C8H15N3O4. The molecule has 1 rings (SSSR count). The van der Waals surface area contributed by atoms with E-state index in [-0.39, 0.29) is 12.5 Å². The zero-order chi connectivity index (χ0) is 11.6. The highest BCUT2D eigenvalue weighted by Crippen LogP contribution is 2.13. The summed E-state index contributed by atoms with van der Waals surface area (Å²) in [5.41, 5.74) is 5.57. The number of nitrogens with one attached hydrogen (secondary N) is 2. The van der Waals surface area contributed by atoms with Crippen LogP contribution in [0.2, 0.25) is 0 Å². The van der Waals surface area contributed by atoms with E-state index in [1.54, 1.807) is 0 Å². The molecule has 0 spiro atoms. The second kappa shape index (κ2) is 4.56. The minimum absolute atomic E-state index is 0.124. The van der Waals surface area contributed by atoms with E-state index < -0.39 is 30.2 Å². The Hall–Kier alpha value is -1.18. The third-order valence-corrected chi connectivity index (χ3v) is 2.43. The van der Waals surface area contributed by atoms with Crippen molar-refractivity contribution in [3.8, 4) is 0 Å². The third-order valence-electron chi connectivity index (χ3n) is 2.43. The Labute approximate surface area is 86.6 Å². The predicted octanol–water partition coefficient (Wildman–Crippen LogP) is -2.56. The third kappa shape index (κ3) is 2.65. The molecule has 7 nitrogen and oxygen atoms in total. The first-order chi connectivity index (χ1) is 6.93. The molecule has 0 aromatic heterocycles. The topological polar surface area (TPSA) is 125 Å². The minimum Gasteiger partial charge on any atom is -0.481 e. The fourth-order valence-corrected chi connectivity index (χ4v) is 1.58.